The Bertz CT molecular complexity index is 725. The first-order valence-electron chi connectivity index (χ1n) is 5.50. The van der Waals surface area contributed by atoms with Gasteiger partial charge >= 0.3 is 5.69 Å². The van der Waals surface area contributed by atoms with Crippen molar-refractivity contribution in [2.24, 2.45) is 0 Å². The molecule has 0 unspecified atom stereocenters. The number of nitro groups is 1. The maximum atomic E-state index is 11.1. The second-order valence-corrected chi connectivity index (χ2v) is 4.83. The summed E-state index contributed by atoms with van der Waals surface area (Å²) in [5.41, 5.74) is 0.647. The standard InChI is InChI=1S/C13H8BrN3O3/c1-8-4-9(14)5-12(17(18)19)13(8)20-11-2-3-16-10(6-11)7-15/h2-6H,1H3. The first-order valence-corrected chi connectivity index (χ1v) is 6.29. The lowest BCUT2D eigenvalue weighted by molar-refractivity contribution is -0.385. The van der Waals surface area contributed by atoms with Gasteiger partial charge < -0.3 is 4.74 Å². The molecule has 0 bridgehead atoms. The Morgan fingerprint density at radius 3 is 2.85 bits per heavy atom. The Morgan fingerprint density at radius 2 is 2.20 bits per heavy atom. The lowest BCUT2D eigenvalue weighted by Crippen LogP contribution is -1.96. The maximum absolute atomic E-state index is 11.1. The number of nitrogens with zero attached hydrogens (tertiary/aromatic N) is 3. The second-order valence-electron chi connectivity index (χ2n) is 3.92. The van der Waals surface area contributed by atoms with E-state index in [2.05, 4.69) is 20.9 Å². The molecule has 0 spiro atoms. The van der Waals surface area contributed by atoms with Gasteiger partial charge in [0, 0.05) is 22.8 Å². The molecule has 0 radical (unpaired) electrons. The number of pyridine rings is 1. The number of rotatable bonds is 3. The lowest BCUT2D eigenvalue weighted by Gasteiger charge is -2.09. The van der Waals surface area contributed by atoms with Gasteiger partial charge in [-0.3, -0.25) is 10.1 Å². The lowest BCUT2D eigenvalue weighted by atomic mass is 10.2. The molecule has 100 valence electrons. The van der Waals surface area contributed by atoms with Crippen molar-refractivity contribution >= 4 is 21.6 Å². The van der Waals surface area contributed by atoms with E-state index in [0.29, 0.717) is 15.8 Å². The summed E-state index contributed by atoms with van der Waals surface area (Å²) in [6, 6.07) is 7.92. The van der Waals surface area contributed by atoms with Crippen LogP contribution in [0.15, 0.2) is 34.9 Å². The highest BCUT2D eigenvalue weighted by Gasteiger charge is 2.19. The van der Waals surface area contributed by atoms with Gasteiger partial charge in [-0.2, -0.15) is 5.26 Å². The predicted octanol–water partition coefficient (Wildman–Crippen LogP) is 3.72. The summed E-state index contributed by atoms with van der Waals surface area (Å²) in [6.45, 7) is 1.71. The minimum Gasteiger partial charge on any atom is -0.450 e. The zero-order valence-electron chi connectivity index (χ0n) is 10.3. The summed E-state index contributed by atoms with van der Waals surface area (Å²) in [5.74, 6) is 0.471. The van der Waals surface area contributed by atoms with Gasteiger partial charge in [-0.05, 0) is 24.6 Å². The van der Waals surface area contributed by atoms with E-state index in [1.807, 2.05) is 6.07 Å². The van der Waals surface area contributed by atoms with Crippen LogP contribution in [0, 0.1) is 28.4 Å². The zero-order valence-corrected chi connectivity index (χ0v) is 11.9. The Morgan fingerprint density at radius 1 is 1.45 bits per heavy atom. The van der Waals surface area contributed by atoms with Gasteiger partial charge in [-0.25, -0.2) is 4.98 Å². The van der Waals surface area contributed by atoms with Crippen molar-refractivity contribution in [2.45, 2.75) is 6.92 Å². The number of nitriles is 1. The van der Waals surface area contributed by atoms with E-state index < -0.39 is 4.92 Å². The molecule has 2 aromatic rings. The van der Waals surface area contributed by atoms with Gasteiger partial charge in [0.2, 0.25) is 5.75 Å². The fraction of sp³-hybridized carbons (Fsp3) is 0.0769. The summed E-state index contributed by atoms with van der Waals surface area (Å²) in [7, 11) is 0. The third-order valence-electron chi connectivity index (χ3n) is 2.48. The molecule has 6 nitrogen and oxygen atoms in total. The minimum absolute atomic E-state index is 0.146. The number of halogens is 1. The third-order valence-corrected chi connectivity index (χ3v) is 2.94. The van der Waals surface area contributed by atoms with E-state index in [-0.39, 0.29) is 17.1 Å². The van der Waals surface area contributed by atoms with Gasteiger partial charge in [-0.15, -0.1) is 0 Å². The molecule has 0 aliphatic carbocycles. The van der Waals surface area contributed by atoms with Crippen LogP contribution < -0.4 is 4.74 Å². The summed E-state index contributed by atoms with van der Waals surface area (Å²) >= 11 is 3.21. The maximum Gasteiger partial charge on any atom is 0.312 e. The highest BCUT2D eigenvalue weighted by atomic mass is 79.9. The van der Waals surface area contributed by atoms with E-state index in [9.17, 15) is 10.1 Å². The molecule has 20 heavy (non-hydrogen) atoms. The Labute approximate surface area is 122 Å². The number of hydrogen-bond donors (Lipinski definition) is 0. The van der Waals surface area contributed by atoms with Crippen molar-refractivity contribution < 1.29 is 9.66 Å². The molecule has 0 fully saturated rings. The molecule has 0 aliphatic rings. The number of nitro benzene ring substituents is 1. The van der Waals surface area contributed by atoms with Crippen molar-refractivity contribution in [3.8, 4) is 17.6 Å². The molecule has 7 heteroatoms. The molecule has 0 saturated heterocycles. The van der Waals surface area contributed by atoms with Crippen molar-refractivity contribution in [2.75, 3.05) is 0 Å². The van der Waals surface area contributed by atoms with Gasteiger partial charge in [0.25, 0.3) is 0 Å². The zero-order chi connectivity index (χ0) is 14.7. The van der Waals surface area contributed by atoms with Crippen molar-refractivity contribution in [1.82, 2.24) is 4.98 Å². The van der Waals surface area contributed by atoms with E-state index in [1.54, 1.807) is 13.0 Å². The summed E-state index contributed by atoms with van der Waals surface area (Å²) in [5, 5.41) is 19.9. The smallest absolute Gasteiger partial charge is 0.312 e. The molecule has 0 saturated carbocycles. The molecule has 1 heterocycles. The van der Waals surface area contributed by atoms with Gasteiger partial charge in [0.1, 0.15) is 17.5 Å². The summed E-state index contributed by atoms with van der Waals surface area (Å²) in [4.78, 5) is 14.4. The van der Waals surface area contributed by atoms with Crippen molar-refractivity contribution in [3.05, 3.63) is 56.3 Å². The predicted molar refractivity (Wildman–Crippen MR) is 74.6 cm³/mol. The van der Waals surface area contributed by atoms with Crippen LogP contribution in [0.3, 0.4) is 0 Å². The van der Waals surface area contributed by atoms with Crippen LogP contribution in [0.25, 0.3) is 0 Å². The van der Waals surface area contributed by atoms with Crippen LogP contribution in [0.4, 0.5) is 5.69 Å². The molecule has 1 aromatic carbocycles. The van der Waals surface area contributed by atoms with E-state index >= 15 is 0 Å². The first kappa shape index (κ1) is 14.0. The fourth-order valence-electron chi connectivity index (χ4n) is 1.63. The van der Waals surface area contributed by atoms with E-state index in [1.165, 1.54) is 24.4 Å². The van der Waals surface area contributed by atoms with Gasteiger partial charge in [0.05, 0.1) is 4.92 Å². The fourth-order valence-corrected chi connectivity index (χ4v) is 2.19. The SMILES string of the molecule is Cc1cc(Br)cc([N+](=O)[O-])c1Oc1ccnc(C#N)c1. The second kappa shape index (κ2) is 5.67. The summed E-state index contributed by atoms with van der Waals surface area (Å²) in [6.07, 6.45) is 1.41. The van der Waals surface area contributed by atoms with E-state index in [0.717, 1.165) is 0 Å². The molecule has 1 aromatic heterocycles. The quantitative estimate of drug-likeness (QED) is 0.630. The summed E-state index contributed by atoms with van der Waals surface area (Å²) < 4.78 is 6.14. The largest absolute Gasteiger partial charge is 0.450 e. The topological polar surface area (TPSA) is 89.1 Å². The molecule has 2 rings (SSSR count). The van der Waals surface area contributed by atoms with Crippen LogP contribution in [-0.4, -0.2) is 9.91 Å². The number of benzene rings is 1. The normalized spacial score (nSPS) is 9.85. The van der Waals surface area contributed by atoms with Gasteiger partial charge in [0.15, 0.2) is 0 Å². The molecule has 0 N–H and O–H groups in total. The van der Waals surface area contributed by atoms with Crippen molar-refractivity contribution in [3.63, 3.8) is 0 Å². The highest BCUT2D eigenvalue weighted by molar-refractivity contribution is 9.10. The number of hydrogen-bond acceptors (Lipinski definition) is 5. The number of aromatic nitrogens is 1. The molecular weight excluding hydrogens is 326 g/mol. The number of aryl methyl sites for hydroxylation is 1. The first-order chi connectivity index (χ1) is 9.51. The monoisotopic (exact) mass is 333 g/mol. The van der Waals surface area contributed by atoms with Crippen molar-refractivity contribution in [1.29, 1.82) is 5.26 Å². The van der Waals surface area contributed by atoms with Crippen LogP contribution in [0.5, 0.6) is 11.5 Å². The number of ether oxygens (including phenoxy) is 1. The Kier molecular flexibility index (Phi) is 3.96. The molecule has 0 amide bonds. The highest BCUT2D eigenvalue weighted by Crippen LogP contribution is 2.37. The van der Waals surface area contributed by atoms with Gasteiger partial charge in [-0.1, -0.05) is 15.9 Å². The van der Waals surface area contributed by atoms with Crippen LogP contribution >= 0.6 is 15.9 Å². The van der Waals surface area contributed by atoms with Crippen LogP contribution in [0.2, 0.25) is 0 Å². The molecule has 0 aliphatic heterocycles. The Hall–Kier alpha value is -2.46. The molecule has 0 atom stereocenters. The minimum atomic E-state index is -0.514. The van der Waals surface area contributed by atoms with Crippen LogP contribution in [0.1, 0.15) is 11.3 Å². The average molecular weight is 334 g/mol. The third kappa shape index (κ3) is 2.92. The van der Waals surface area contributed by atoms with E-state index in [4.69, 9.17) is 10.00 Å². The molecular formula is C13H8BrN3O3. The Balaban J connectivity index is 2.48. The average Bonchev–Trinajstić information content (AvgIpc) is 2.41. The van der Waals surface area contributed by atoms with Crippen LogP contribution in [-0.2, 0) is 0 Å².